The molecule has 0 spiro atoms. The molecule has 1 amide bonds. The van der Waals surface area contributed by atoms with Crippen molar-refractivity contribution < 1.29 is 14.6 Å². The number of aliphatic hydroxyl groups excluding tert-OH is 1. The van der Waals surface area contributed by atoms with Crippen LogP contribution in [-0.4, -0.2) is 49.3 Å². The Morgan fingerprint density at radius 1 is 1.07 bits per heavy atom. The van der Waals surface area contributed by atoms with Crippen LogP contribution in [-0.2, 0) is 16.0 Å². The van der Waals surface area contributed by atoms with Gasteiger partial charge in [-0.1, -0.05) is 11.6 Å². The summed E-state index contributed by atoms with van der Waals surface area (Å²) >= 11 is 6.28. The molecule has 4 heterocycles. The van der Waals surface area contributed by atoms with Crippen LogP contribution < -0.4 is 22.0 Å². The van der Waals surface area contributed by atoms with Crippen LogP contribution in [0.2, 0.25) is 5.02 Å². The number of H-pyrrole nitrogens is 3. The lowest BCUT2D eigenvalue weighted by Crippen LogP contribution is -2.37. The Bertz CT molecular complexity index is 2120. The predicted molar refractivity (Wildman–Crippen MR) is 165 cm³/mol. The minimum Gasteiger partial charge on any atom is -0.390 e. The van der Waals surface area contributed by atoms with E-state index in [1.165, 1.54) is 10.8 Å². The molecule has 12 heteroatoms. The highest BCUT2D eigenvalue weighted by atomic mass is 35.5. The lowest BCUT2D eigenvalue weighted by Gasteiger charge is -2.17. The van der Waals surface area contributed by atoms with Gasteiger partial charge in [-0.3, -0.25) is 23.9 Å². The van der Waals surface area contributed by atoms with Gasteiger partial charge in [0, 0.05) is 63.7 Å². The number of benzene rings is 2. The summed E-state index contributed by atoms with van der Waals surface area (Å²) in [5.74, 6) is -0.300. The van der Waals surface area contributed by atoms with Gasteiger partial charge in [0.2, 0.25) is 5.91 Å². The summed E-state index contributed by atoms with van der Waals surface area (Å²) in [6.45, 7) is 7.34. The minimum absolute atomic E-state index is 0.0291. The molecule has 2 aromatic carbocycles. The minimum atomic E-state index is -0.918. The Hall–Kier alpha value is -4.19. The summed E-state index contributed by atoms with van der Waals surface area (Å²) in [5, 5.41) is 16.5. The zero-order valence-electron chi connectivity index (χ0n) is 24.2. The van der Waals surface area contributed by atoms with E-state index in [2.05, 4.69) is 20.3 Å². The first kappa shape index (κ1) is 28.9. The Labute approximate surface area is 249 Å². The van der Waals surface area contributed by atoms with E-state index in [4.69, 9.17) is 16.3 Å². The second-order valence-corrected chi connectivity index (χ2v) is 11.8. The number of ether oxygens (including phenoxy) is 1. The summed E-state index contributed by atoms with van der Waals surface area (Å²) in [7, 11) is 0. The summed E-state index contributed by atoms with van der Waals surface area (Å²) < 4.78 is 7.07. The van der Waals surface area contributed by atoms with Gasteiger partial charge in [-0.05, 0) is 63.4 Å². The van der Waals surface area contributed by atoms with E-state index in [9.17, 15) is 24.3 Å². The smallest absolute Gasteiger partial charge is 0.330 e. The molecule has 0 radical (unpaired) electrons. The third kappa shape index (κ3) is 4.97. The topological polar surface area (TPSA) is 162 Å². The first-order valence-electron chi connectivity index (χ1n) is 14.1. The normalized spacial score (nSPS) is 18.7. The largest absolute Gasteiger partial charge is 0.390 e. The Balaban J connectivity index is 1.19. The van der Waals surface area contributed by atoms with Crippen molar-refractivity contribution in [2.45, 2.75) is 65.4 Å². The molecule has 1 aliphatic heterocycles. The number of aliphatic hydroxyl groups is 1. The molecule has 1 aliphatic rings. The number of aromatic nitrogens is 4. The maximum Gasteiger partial charge on any atom is 0.330 e. The summed E-state index contributed by atoms with van der Waals surface area (Å²) in [6, 6.07) is 5.68. The number of rotatable bonds is 6. The fraction of sp³-hybridized carbons (Fsp3) is 0.355. The predicted octanol–water partition coefficient (Wildman–Crippen LogP) is 3.30. The lowest BCUT2D eigenvalue weighted by molar-refractivity contribution is -0.122. The number of halogens is 1. The number of hydrogen-bond acceptors (Lipinski definition) is 6. The molecule has 11 nitrogen and oxygen atoms in total. The van der Waals surface area contributed by atoms with E-state index in [0.717, 1.165) is 38.4 Å². The number of nitrogens with one attached hydrogen (secondary N) is 4. The fourth-order valence-corrected chi connectivity index (χ4v) is 6.37. The average molecular weight is 606 g/mol. The van der Waals surface area contributed by atoms with Crippen LogP contribution in [0.5, 0.6) is 0 Å². The highest BCUT2D eigenvalue weighted by Gasteiger charge is 2.35. The highest BCUT2D eigenvalue weighted by Crippen LogP contribution is 2.36. The Morgan fingerprint density at radius 2 is 1.79 bits per heavy atom. The quantitative estimate of drug-likeness (QED) is 0.199. The molecule has 0 saturated carbocycles. The van der Waals surface area contributed by atoms with E-state index < -0.39 is 29.7 Å². The van der Waals surface area contributed by atoms with Gasteiger partial charge < -0.3 is 25.1 Å². The van der Waals surface area contributed by atoms with E-state index in [1.807, 2.05) is 39.0 Å². The number of nitrogens with zero attached hydrogens (tertiary/aromatic N) is 1. The van der Waals surface area contributed by atoms with Crippen LogP contribution in [0.3, 0.4) is 0 Å². The van der Waals surface area contributed by atoms with Crippen LogP contribution in [0.1, 0.15) is 47.0 Å². The van der Waals surface area contributed by atoms with Crippen molar-refractivity contribution in [3.63, 3.8) is 0 Å². The van der Waals surface area contributed by atoms with E-state index >= 15 is 0 Å². The van der Waals surface area contributed by atoms with E-state index in [1.54, 1.807) is 6.92 Å². The van der Waals surface area contributed by atoms with Gasteiger partial charge in [0.1, 0.15) is 12.3 Å². The van der Waals surface area contributed by atoms with Gasteiger partial charge in [0.25, 0.3) is 5.56 Å². The average Bonchev–Trinajstić information content (AvgIpc) is 3.52. The van der Waals surface area contributed by atoms with Crippen molar-refractivity contribution in [1.29, 1.82) is 0 Å². The van der Waals surface area contributed by atoms with E-state index in [0.29, 0.717) is 27.2 Å². The molecule has 3 aromatic heterocycles. The zero-order valence-corrected chi connectivity index (χ0v) is 24.9. The molecule has 5 aromatic rings. The molecule has 5 N–H and O–H groups in total. The second-order valence-electron chi connectivity index (χ2n) is 11.3. The van der Waals surface area contributed by atoms with Crippen molar-refractivity contribution in [3.8, 4) is 0 Å². The first-order chi connectivity index (χ1) is 20.4. The maximum absolute atomic E-state index is 13.8. The van der Waals surface area contributed by atoms with Crippen LogP contribution in [0.4, 0.5) is 0 Å². The van der Waals surface area contributed by atoms with E-state index in [-0.39, 0.29) is 37.1 Å². The summed E-state index contributed by atoms with van der Waals surface area (Å²) in [6.07, 6.45) is -0.614. The lowest BCUT2D eigenvalue weighted by atomic mass is 9.95. The van der Waals surface area contributed by atoms with Crippen LogP contribution in [0.15, 0.2) is 38.8 Å². The second kappa shape index (κ2) is 10.8. The van der Waals surface area contributed by atoms with Crippen LogP contribution in [0.25, 0.3) is 32.7 Å². The van der Waals surface area contributed by atoms with Gasteiger partial charge in [0.15, 0.2) is 5.43 Å². The zero-order chi connectivity index (χ0) is 30.7. The molecule has 0 aliphatic carbocycles. The molecule has 0 unspecified atom stereocenters. The molecule has 1 saturated heterocycles. The molecule has 1 fully saturated rings. The number of amides is 1. The number of carbonyl (C=O) groups excluding carboxylic acids is 1. The molecular weight excluding hydrogens is 574 g/mol. The number of aromatic amines is 3. The maximum atomic E-state index is 13.8. The molecule has 3 atom stereocenters. The highest BCUT2D eigenvalue weighted by molar-refractivity contribution is 6.32. The Morgan fingerprint density at radius 3 is 2.56 bits per heavy atom. The molecule has 43 heavy (non-hydrogen) atoms. The van der Waals surface area contributed by atoms with Crippen LogP contribution >= 0.6 is 11.6 Å². The van der Waals surface area contributed by atoms with Gasteiger partial charge in [-0.2, -0.15) is 0 Å². The summed E-state index contributed by atoms with van der Waals surface area (Å²) in [4.78, 5) is 59.6. The molecule has 224 valence electrons. The third-order valence-electron chi connectivity index (χ3n) is 8.54. The van der Waals surface area contributed by atoms with Crippen molar-refractivity contribution in [3.05, 3.63) is 88.4 Å². The number of carbonyl (C=O) groups is 1. The Kier molecular flexibility index (Phi) is 7.27. The molecule has 0 bridgehead atoms. The molecule has 6 rings (SSSR count). The van der Waals surface area contributed by atoms with Crippen LogP contribution in [0, 0.1) is 27.7 Å². The number of fused-ring (bicyclic) bond motifs is 4. The van der Waals surface area contributed by atoms with Crippen molar-refractivity contribution in [1.82, 2.24) is 24.8 Å². The SMILES string of the molecule is Cc1[nH]c2c(C)c3c([nH]c4ccc(Cl)cc43)c(C)c2c(=O)c1CCC(=O)NC[C@H]1O[C@@H](n2cc(C)c(=O)[nH]c2=O)C[C@@H]1O. The monoisotopic (exact) mass is 605 g/mol. The van der Waals surface area contributed by atoms with Gasteiger partial charge in [-0.15, -0.1) is 0 Å². The standard InChI is InChI=1S/C31H32ClN5O6/c1-13-12-37(31(42)36-30(13)41)24-10-21(38)22(43-24)11-33-23(39)8-6-18-16(4)34-28-14(2)25-19-9-17(32)5-7-20(19)35-27(25)15(3)26(28)29(18)40/h5,7,9,12,21-22,24,35,38H,6,8,10-11H2,1-4H3,(H,33,39)(H,34,40)(H,36,41,42)/t21-,22+,24+/m0/s1. The fourth-order valence-electron chi connectivity index (χ4n) is 6.20. The number of hydrogen-bond donors (Lipinski definition) is 5. The number of pyridine rings is 1. The van der Waals surface area contributed by atoms with Crippen molar-refractivity contribution in [2.75, 3.05) is 6.54 Å². The summed E-state index contributed by atoms with van der Waals surface area (Å²) in [5.41, 5.74) is 4.71. The molecular formula is C31H32ClN5O6. The first-order valence-corrected chi connectivity index (χ1v) is 14.5. The van der Waals surface area contributed by atoms with Gasteiger partial charge in [-0.25, -0.2) is 4.79 Å². The third-order valence-corrected chi connectivity index (χ3v) is 8.77. The van der Waals surface area contributed by atoms with Crippen molar-refractivity contribution >= 4 is 50.2 Å². The van der Waals surface area contributed by atoms with Gasteiger partial charge >= 0.3 is 5.69 Å². The van der Waals surface area contributed by atoms with Crippen molar-refractivity contribution in [2.24, 2.45) is 0 Å². The van der Waals surface area contributed by atoms with Gasteiger partial charge in [0.05, 0.1) is 22.5 Å². The number of aryl methyl sites for hydroxylation is 4.